The summed E-state index contributed by atoms with van der Waals surface area (Å²) in [4.78, 5) is 33.4. The van der Waals surface area contributed by atoms with Crippen LogP contribution in [-0.2, 0) is 11.3 Å². The number of pyridine rings is 1. The second kappa shape index (κ2) is 11.8. The first-order valence-electron chi connectivity index (χ1n) is 13.1. The zero-order chi connectivity index (χ0) is 25.8. The Bertz CT molecular complexity index is 1130. The largest absolute Gasteiger partial charge is 0.379 e. The molecule has 196 valence electrons. The number of rotatable bonds is 7. The van der Waals surface area contributed by atoms with Gasteiger partial charge < -0.3 is 19.9 Å². The van der Waals surface area contributed by atoms with E-state index in [4.69, 9.17) is 16.3 Å². The van der Waals surface area contributed by atoms with Crippen molar-refractivity contribution in [1.29, 1.82) is 0 Å². The van der Waals surface area contributed by atoms with Gasteiger partial charge in [-0.2, -0.15) is 0 Å². The van der Waals surface area contributed by atoms with Gasteiger partial charge in [-0.05, 0) is 82.7 Å². The molecular weight excluding hydrogens is 476 g/mol. The Morgan fingerprint density at radius 3 is 2.47 bits per heavy atom. The minimum absolute atomic E-state index is 0.166. The number of carbonyl (C=O) groups excluding carboxylic acids is 1. The van der Waals surface area contributed by atoms with E-state index in [9.17, 15) is 9.59 Å². The maximum Gasteiger partial charge on any atom is 0.253 e. The topological polar surface area (TPSA) is 77.7 Å². The number of nitrogens with zero attached hydrogens (tertiary/aromatic N) is 2. The van der Waals surface area contributed by atoms with Crippen molar-refractivity contribution in [2.24, 2.45) is 0 Å². The zero-order valence-corrected chi connectivity index (χ0v) is 22.7. The number of hydrogen-bond acceptors (Lipinski definition) is 5. The maximum absolute atomic E-state index is 13.2. The molecule has 1 amide bonds. The lowest BCUT2D eigenvalue weighted by molar-refractivity contribution is 0.00730. The summed E-state index contributed by atoms with van der Waals surface area (Å²) in [6.45, 7) is 12.7. The van der Waals surface area contributed by atoms with Gasteiger partial charge >= 0.3 is 0 Å². The first kappa shape index (κ1) is 26.7. The molecule has 1 aromatic heterocycles. The second-order valence-corrected chi connectivity index (χ2v) is 10.6. The molecule has 2 fully saturated rings. The molecule has 0 atom stereocenters. The van der Waals surface area contributed by atoms with E-state index in [1.165, 1.54) is 12.8 Å². The standard InChI is InChI=1S/C28H39ClN4O3/c1-5-33(23-8-6-22(7-9-23)32-10-12-36-13-11-32)26-16-21(29)15-24(20(26)4)27(34)30-17-25-18(2)14-19(3)31-28(25)35/h14-16,22-23H,5-13,17H2,1-4H3,(H,30,34)(H,31,35). The Hall–Kier alpha value is -2.35. The number of hydrogen-bond donors (Lipinski definition) is 2. The van der Waals surface area contributed by atoms with Gasteiger partial charge in [0.2, 0.25) is 0 Å². The highest BCUT2D eigenvalue weighted by atomic mass is 35.5. The summed E-state index contributed by atoms with van der Waals surface area (Å²) in [5.41, 5.74) is 4.57. The first-order valence-corrected chi connectivity index (χ1v) is 13.5. The van der Waals surface area contributed by atoms with Gasteiger partial charge in [-0.1, -0.05) is 11.6 Å². The predicted octanol–water partition coefficient (Wildman–Crippen LogP) is 4.35. The van der Waals surface area contributed by atoms with Crippen LogP contribution in [0.2, 0.25) is 5.02 Å². The fourth-order valence-electron chi connectivity index (χ4n) is 5.87. The Morgan fingerprint density at radius 2 is 1.83 bits per heavy atom. The number of anilines is 1. The molecular formula is C28H39ClN4O3. The average Bonchev–Trinajstić information content (AvgIpc) is 2.86. The van der Waals surface area contributed by atoms with Gasteiger partial charge in [0, 0.05) is 65.8 Å². The van der Waals surface area contributed by atoms with Crippen LogP contribution in [-0.4, -0.2) is 60.7 Å². The number of morpholine rings is 1. The van der Waals surface area contributed by atoms with Crippen LogP contribution in [0.1, 0.15) is 65.3 Å². The number of halogens is 1. The fourth-order valence-corrected chi connectivity index (χ4v) is 6.08. The van der Waals surface area contributed by atoms with E-state index >= 15 is 0 Å². The molecule has 2 heterocycles. The van der Waals surface area contributed by atoms with Gasteiger partial charge in [0.05, 0.1) is 13.2 Å². The van der Waals surface area contributed by atoms with Gasteiger partial charge in [-0.25, -0.2) is 0 Å². The predicted molar refractivity (Wildman–Crippen MR) is 145 cm³/mol. The zero-order valence-electron chi connectivity index (χ0n) is 22.0. The number of nitrogens with one attached hydrogen (secondary N) is 2. The molecule has 0 unspecified atom stereocenters. The first-order chi connectivity index (χ1) is 17.3. The summed E-state index contributed by atoms with van der Waals surface area (Å²) >= 11 is 6.54. The Kier molecular flexibility index (Phi) is 8.75. The van der Waals surface area contributed by atoms with E-state index in [1.54, 1.807) is 6.07 Å². The van der Waals surface area contributed by atoms with Crippen LogP contribution in [0.4, 0.5) is 5.69 Å². The van der Waals surface area contributed by atoms with E-state index in [1.807, 2.05) is 32.9 Å². The molecule has 8 heteroatoms. The molecule has 7 nitrogen and oxygen atoms in total. The maximum atomic E-state index is 13.2. The Balaban J connectivity index is 1.48. The summed E-state index contributed by atoms with van der Waals surface area (Å²) in [6, 6.07) is 6.69. The number of H-pyrrole nitrogens is 1. The van der Waals surface area contributed by atoms with E-state index in [0.29, 0.717) is 28.2 Å². The number of aryl methyl sites for hydroxylation is 2. The van der Waals surface area contributed by atoms with Crippen molar-refractivity contribution < 1.29 is 9.53 Å². The van der Waals surface area contributed by atoms with Crippen molar-refractivity contribution in [2.45, 2.75) is 72.0 Å². The van der Waals surface area contributed by atoms with Gasteiger partial charge in [0.15, 0.2) is 0 Å². The van der Waals surface area contributed by atoms with Crippen LogP contribution < -0.4 is 15.8 Å². The van der Waals surface area contributed by atoms with Crippen LogP contribution in [0, 0.1) is 20.8 Å². The fraction of sp³-hybridized carbons (Fsp3) is 0.571. The highest BCUT2D eigenvalue weighted by Gasteiger charge is 2.30. The lowest BCUT2D eigenvalue weighted by Crippen LogP contribution is -2.48. The normalized spacial score (nSPS) is 20.8. The Labute approximate surface area is 219 Å². The van der Waals surface area contributed by atoms with Crippen LogP contribution >= 0.6 is 11.6 Å². The molecule has 1 saturated heterocycles. The van der Waals surface area contributed by atoms with E-state index < -0.39 is 0 Å². The third-order valence-electron chi connectivity index (χ3n) is 7.83. The SMILES string of the molecule is CCN(c1cc(Cl)cc(C(=O)NCc2c(C)cc(C)[nH]c2=O)c1C)C1CCC(N2CCOCC2)CC1. The van der Waals surface area contributed by atoms with E-state index in [0.717, 1.165) is 68.2 Å². The number of aromatic amines is 1. The van der Waals surface area contributed by atoms with Crippen LogP contribution in [0.25, 0.3) is 0 Å². The Morgan fingerprint density at radius 1 is 1.14 bits per heavy atom. The third-order valence-corrected chi connectivity index (χ3v) is 8.05. The molecule has 1 aromatic carbocycles. The molecule has 0 radical (unpaired) electrons. The number of aromatic nitrogens is 1. The van der Waals surface area contributed by atoms with Crippen molar-refractivity contribution in [1.82, 2.24) is 15.2 Å². The molecule has 2 aliphatic rings. The second-order valence-electron chi connectivity index (χ2n) is 10.1. The van der Waals surface area contributed by atoms with Crippen LogP contribution in [0.5, 0.6) is 0 Å². The molecule has 36 heavy (non-hydrogen) atoms. The number of amides is 1. The molecule has 2 aromatic rings. The lowest BCUT2D eigenvalue weighted by atomic mass is 9.88. The minimum Gasteiger partial charge on any atom is -0.379 e. The lowest BCUT2D eigenvalue weighted by Gasteiger charge is -2.43. The van der Waals surface area contributed by atoms with Crippen molar-refractivity contribution in [3.05, 3.63) is 61.5 Å². The smallest absolute Gasteiger partial charge is 0.253 e. The summed E-state index contributed by atoms with van der Waals surface area (Å²) in [5, 5.41) is 3.49. The molecule has 2 N–H and O–H groups in total. The van der Waals surface area contributed by atoms with Gasteiger partial charge in [-0.15, -0.1) is 0 Å². The number of benzene rings is 1. The molecule has 1 saturated carbocycles. The molecule has 0 spiro atoms. The third kappa shape index (κ3) is 5.96. The summed E-state index contributed by atoms with van der Waals surface area (Å²) in [5.74, 6) is -0.220. The minimum atomic E-state index is -0.220. The highest BCUT2D eigenvalue weighted by Crippen LogP contribution is 2.34. The highest BCUT2D eigenvalue weighted by molar-refractivity contribution is 6.31. The van der Waals surface area contributed by atoms with Crippen molar-refractivity contribution in [3.63, 3.8) is 0 Å². The van der Waals surface area contributed by atoms with Crippen LogP contribution in [0.3, 0.4) is 0 Å². The molecule has 1 aliphatic carbocycles. The van der Waals surface area contributed by atoms with Crippen molar-refractivity contribution in [2.75, 3.05) is 37.7 Å². The average molecular weight is 515 g/mol. The van der Waals surface area contributed by atoms with Gasteiger partial charge in [-0.3, -0.25) is 14.5 Å². The monoisotopic (exact) mass is 514 g/mol. The molecule has 0 bridgehead atoms. The molecule has 4 rings (SSSR count). The van der Waals surface area contributed by atoms with Crippen molar-refractivity contribution in [3.8, 4) is 0 Å². The van der Waals surface area contributed by atoms with E-state index in [-0.39, 0.29) is 18.0 Å². The van der Waals surface area contributed by atoms with Crippen molar-refractivity contribution >= 4 is 23.2 Å². The summed E-state index contributed by atoms with van der Waals surface area (Å²) in [6.07, 6.45) is 4.61. The van der Waals surface area contributed by atoms with Gasteiger partial charge in [0.1, 0.15) is 0 Å². The van der Waals surface area contributed by atoms with Gasteiger partial charge in [0.25, 0.3) is 11.5 Å². The number of ether oxygens (including phenoxy) is 1. The molecule has 1 aliphatic heterocycles. The summed E-state index contributed by atoms with van der Waals surface area (Å²) in [7, 11) is 0. The van der Waals surface area contributed by atoms with Crippen LogP contribution in [0.15, 0.2) is 23.0 Å². The summed E-state index contributed by atoms with van der Waals surface area (Å²) < 4.78 is 5.53. The quantitative estimate of drug-likeness (QED) is 0.574. The van der Waals surface area contributed by atoms with E-state index in [2.05, 4.69) is 27.0 Å². The number of carbonyl (C=O) groups is 1.